The van der Waals surface area contributed by atoms with Gasteiger partial charge in [-0.15, -0.1) is 11.8 Å². The van der Waals surface area contributed by atoms with Crippen LogP contribution in [0.1, 0.15) is 50.5 Å². The number of aliphatic hydroxyl groups is 1. The lowest BCUT2D eigenvalue weighted by atomic mass is 9.86. The largest absolute Gasteiger partial charge is 0.389 e. The van der Waals surface area contributed by atoms with Crippen LogP contribution in [0.4, 0.5) is 0 Å². The van der Waals surface area contributed by atoms with E-state index in [0.29, 0.717) is 0 Å². The number of rotatable bonds is 6. The average Bonchev–Trinajstić information content (AvgIpc) is 3.29. The van der Waals surface area contributed by atoms with E-state index in [4.69, 9.17) is 0 Å². The molecule has 0 unspecified atom stereocenters. The molecule has 2 aliphatic rings. The zero-order valence-corrected chi connectivity index (χ0v) is 12.9. The lowest BCUT2D eigenvalue weighted by molar-refractivity contribution is 0.0273. The summed E-state index contributed by atoms with van der Waals surface area (Å²) in [5.74, 6) is 0.840. The van der Waals surface area contributed by atoms with E-state index >= 15 is 0 Å². The third-order valence-corrected chi connectivity index (χ3v) is 5.63. The van der Waals surface area contributed by atoms with Crippen LogP contribution >= 0.6 is 11.8 Å². The molecule has 0 amide bonds. The molecule has 3 rings (SSSR count). The first-order valence-electron chi connectivity index (χ1n) is 7.91. The van der Waals surface area contributed by atoms with Gasteiger partial charge >= 0.3 is 0 Å². The minimum atomic E-state index is -0.425. The zero-order valence-electron chi connectivity index (χ0n) is 12.1. The second-order valence-corrected chi connectivity index (χ2v) is 7.43. The van der Waals surface area contributed by atoms with E-state index < -0.39 is 5.60 Å². The third-order valence-electron chi connectivity index (χ3n) is 4.36. The molecule has 0 heterocycles. The Bertz CT molecular complexity index is 438. The topological polar surface area (TPSA) is 32.3 Å². The van der Waals surface area contributed by atoms with Gasteiger partial charge in [-0.25, -0.2) is 0 Å². The fourth-order valence-electron chi connectivity index (χ4n) is 2.87. The molecule has 0 spiro atoms. The second kappa shape index (κ2) is 6.50. The summed E-state index contributed by atoms with van der Waals surface area (Å²) in [5, 5.41) is 14.1. The molecule has 0 aromatic heterocycles. The van der Waals surface area contributed by atoms with E-state index in [9.17, 15) is 5.11 Å². The van der Waals surface area contributed by atoms with E-state index in [1.807, 2.05) is 11.8 Å². The monoisotopic (exact) mass is 291 g/mol. The van der Waals surface area contributed by atoms with E-state index in [1.165, 1.54) is 42.6 Å². The van der Waals surface area contributed by atoms with Gasteiger partial charge in [-0.05, 0) is 43.4 Å². The van der Waals surface area contributed by atoms with Gasteiger partial charge < -0.3 is 10.4 Å². The van der Waals surface area contributed by atoms with E-state index in [2.05, 4.69) is 29.6 Å². The molecule has 2 aliphatic carbocycles. The maximum absolute atomic E-state index is 10.6. The summed E-state index contributed by atoms with van der Waals surface area (Å²) in [5.41, 5.74) is 0.933. The highest BCUT2D eigenvalue weighted by molar-refractivity contribution is 7.99. The van der Waals surface area contributed by atoms with Gasteiger partial charge in [0, 0.05) is 23.2 Å². The first kappa shape index (κ1) is 14.4. The van der Waals surface area contributed by atoms with Crippen LogP contribution in [0.25, 0.3) is 0 Å². The van der Waals surface area contributed by atoms with Crippen molar-refractivity contribution in [2.45, 2.75) is 68.0 Å². The molecule has 0 bridgehead atoms. The van der Waals surface area contributed by atoms with Crippen LogP contribution in [0.3, 0.4) is 0 Å². The molecule has 0 saturated heterocycles. The molecular weight excluding hydrogens is 266 g/mol. The van der Waals surface area contributed by atoms with Crippen LogP contribution < -0.4 is 5.32 Å². The van der Waals surface area contributed by atoms with Crippen LogP contribution in [0.5, 0.6) is 0 Å². The first-order valence-corrected chi connectivity index (χ1v) is 8.90. The highest BCUT2D eigenvalue weighted by atomic mass is 32.2. The Labute approximate surface area is 126 Å². The van der Waals surface area contributed by atoms with Crippen LogP contribution in [-0.2, 0) is 6.54 Å². The van der Waals surface area contributed by atoms with Gasteiger partial charge in [-0.1, -0.05) is 31.4 Å². The number of thioether (sulfide) groups is 1. The molecule has 0 radical (unpaired) electrons. The summed E-state index contributed by atoms with van der Waals surface area (Å²) >= 11 is 1.81. The number of nitrogens with one attached hydrogen (secondary N) is 1. The van der Waals surface area contributed by atoms with Crippen molar-refractivity contribution >= 4 is 11.8 Å². The van der Waals surface area contributed by atoms with Crippen LogP contribution in [0.2, 0.25) is 0 Å². The van der Waals surface area contributed by atoms with Crippen LogP contribution in [0, 0.1) is 0 Å². The highest BCUT2D eigenvalue weighted by Gasteiger charge is 2.29. The van der Waals surface area contributed by atoms with Gasteiger partial charge in [-0.3, -0.25) is 0 Å². The quantitative estimate of drug-likeness (QED) is 0.783. The van der Waals surface area contributed by atoms with Crippen molar-refractivity contribution in [3.8, 4) is 0 Å². The van der Waals surface area contributed by atoms with Crippen molar-refractivity contribution < 1.29 is 5.11 Å². The van der Waals surface area contributed by atoms with E-state index in [1.54, 1.807) is 0 Å². The maximum atomic E-state index is 10.6. The molecule has 2 N–H and O–H groups in total. The number of hydrogen-bond acceptors (Lipinski definition) is 3. The molecule has 3 heteroatoms. The maximum Gasteiger partial charge on any atom is 0.0741 e. The molecule has 110 valence electrons. The van der Waals surface area contributed by atoms with E-state index in [-0.39, 0.29) is 0 Å². The Balaban J connectivity index is 1.52. The van der Waals surface area contributed by atoms with Gasteiger partial charge in [-0.2, -0.15) is 0 Å². The van der Waals surface area contributed by atoms with Crippen molar-refractivity contribution in [2.75, 3.05) is 5.75 Å². The average molecular weight is 291 g/mol. The fourth-order valence-corrected chi connectivity index (χ4v) is 4.00. The van der Waals surface area contributed by atoms with Gasteiger partial charge in [0.05, 0.1) is 5.60 Å². The standard InChI is InChI=1S/C17H25NOS/c19-17(9-2-1-3-10-17)13-20-16-6-4-5-14(11-16)12-18-15-7-8-15/h4-6,11,15,18-19H,1-3,7-10,12-13H2. The number of benzene rings is 1. The first-order chi connectivity index (χ1) is 9.73. The summed E-state index contributed by atoms with van der Waals surface area (Å²) < 4.78 is 0. The normalized spacial score (nSPS) is 21.9. The Hall–Kier alpha value is -0.510. The van der Waals surface area contributed by atoms with Gasteiger partial charge in [0.2, 0.25) is 0 Å². The van der Waals surface area contributed by atoms with Gasteiger partial charge in [0.1, 0.15) is 0 Å². The minimum absolute atomic E-state index is 0.425. The molecule has 2 nitrogen and oxygen atoms in total. The smallest absolute Gasteiger partial charge is 0.0741 e. The zero-order chi connectivity index (χ0) is 13.8. The summed E-state index contributed by atoms with van der Waals surface area (Å²) in [7, 11) is 0. The molecule has 1 aromatic carbocycles. The molecule has 2 saturated carbocycles. The summed E-state index contributed by atoms with van der Waals surface area (Å²) in [6.07, 6.45) is 8.27. The van der Waals surface area contributed by atoms with Gasteiger partial charge in [0.25, 0.3) is 0 Å². The molecule has 1 aromatic rings. The van der Waals surface area contributed by atoms with Crippen molar-refractivity contribution in [1.82, 2.24) is 5.32 Å². The summed E-state index contributed by atoms with van der Waals surface area (Å²) in [4.78, 5) is 1.29. The Kier molecular flexibility index (Phi) is 4.69. The van der Waals surface area contributed by atoms with Gasteiger partial charge in [0.15, 0.2) is 0 Å². The minimum Gasteiger partial charge on any atom is -0.389 e. The lowest BCUT2D eigenvalue weighted by Gasteiger charge is -2.31. The van der Waals surface area contributed by atoms with Crippen molar-refractivity contribution in [3.05, 3.63) is 29.8 Å². The molecular formula is C17H25NOS. The van der Waals surface area contributed by atoms with Crippen molar-refractivity contribution in [2.24, 2.45) is 0 Å². The van der Waals surface area contributed by atoms with E-state index in [0.717, 1.165) is 31.2 Å². The summed E-state index contributed by atoms with van der Waals surface area (Å²) in [6, 6.07) is 9.52. The predicted octanol–water partition coefficient (Wildman–Crippen LogP) is 3.73. The Morgan fingerprint density at radius 3 is 2.75 bits per heavy atom. The fraction of sp³-hybridized carbons (Fsp3) is 0.647. The molecule has 2 fully saturated rings. The predicted molar refractivity (Wildman–Crippen MR) is 85.1 cm³/mol. The molecule has 0 aliphatic heterocycles. The second-order valence-electron chi connectivity index (χ2n) is 6.38. The van der Waals surface area contributed by atoms with Crippen molar-refractivity contribution in [1.29, 1.82) is 0 Å². The lowest BCUT2D eigenvalue weighted by Crippen LogP contribution is -2.33. The Morgan fingerprint density at radius 2 is 2.00 bits per heavy atom. The molecule has 0 atom stereocenters. The Morgan fingerprint density at radius 1 is 1.20 bits per heavy atom. The van der Waals surface area contributed by atoms with Crippen LogP contribution in [-0.4, -0.2) is 22.5 Å². The third kappa shape index (κ3) is 4.24. The summed E-state index contributed by atoms with van der Waals surface area (Å²) in [6.45, 7) is 0.976. The van der Waals surface area contributed by atoms with Crippen LogP contribution in [0.15, 0.2) is 29.2 Å². The van der Waals surface area contributed by atoms with Crippen molar-refractivity contribution in [3.63, 3.8) is 0 Å². The SMILES string of the molecule is OC1(CSc2cccc(CNC3CC3)c2)CCCCC1. The highest BCUT2D eigenvalue weighted by Crippen LogP contribution is 2.33. The number of hydrogen-bond donors (Lipinski definition) is 2. The molecule has 20 heavy (non-hydrogen) atoms.